The van der Waals surface area contributed by atoms with Crippen molar-refractivity contribution < 1.29 is 27.4 Å². The number of nitrogens with one attached hydrogen (secondary N) is 1. The number of halogens is 3. The lowest BCUT2D eigenvalue weighted by molar-refractivity contribution is -0.0521. The van der Waals surface area contributed by atoms with Crippen molar-refractivity contribution in [1.29, 1.82) is 0 Å². The van der Waals surface area contributed by atoms with E-state index in [1.54, 1.807) is 0 Å². The summed E-state index contributed by atoms with van der Waals surface area (Å²) in [5.41, 5.74) is 0.557. The predicted molar refractivity (Wildman–Crippen MR) is 79.9 cm³/mol. The molecule has 1 amide bonds. The fraction of sp³-hybridized carbons (Fsp3) is 0.312. The van der Waals surface area contributed by atoms with E-state index in [9.17, 15) is 18.0 Å². The van der Waals surface area contributed by atoms with Gasteiger partial charge in [0.15, 0.2) is 11.6 Å². The van der Waals surface area contributed by atoms with Gasteiger partial charge in [-0.25, -0.2) is 14.4 Å². The Morgan fingerprint density at radius 1 is 1.36 bits per heavy atom. The number of nitrogens with zero attached hydrogens (tertiary/aromatic N) is 2. The van der Waals surface area contributed by atoms with Gasteiger partial charge in [-0.2, -0.15) is 8.78 Å². The lowest BCUT2D eigenvalue weighted by atomic mass is 10.2. The molecule has 1 aliphatic carbocycles. The van der Waals surface area contributed by atoms with Gasteiger partial charge >= 0.3 is 6.61 Å². The molecule has 9 heteroatoms. The number of alkyl halides is 2. The molecule has 1 aromatic heterocycles. The Morgan fingerprint density at radius 2 is 2.16 bits per heavy atom. The first-order chi connectivity index (χ1) is 12.0. The highest BCUT2D eigenvalue weighted by atomic mass is 19.3. The molecule has 6 nitrogen and oxygen atoms in total. The highest BCUT2D eigenvalue weighted by Gasteiger charge is 2.25. The zero-order chi connectivity index (χ0) is 17.8. The maximum absolute atomic E-state index is 13.7. The highest BCUT2D eigenvalue weighted by Crippen LogP contribution is 2.27. The molecule has 0 saturated heterocycles. The van der Waals surface area contributed by atoms with Crippen molar-refractivity contribution in [1.82, 2.24) is 15.3 Å². The molecule has 0 unspecified atom stereocenters. The normalized spacial score (nSPS) is 13.6. The number of hydrogen-bond acceptors (Lipinski definition) is 5. The van der Waals surface area contributed by atoms with Gasteiger partial charge in [-0.15, -0.1) is 0 Å². The summed E-state index contributed by atoms with van der Waals surface area (Å²) >= 11 is 0. The number of hydrogen-bond donors (Lipinski definition) is 1. The Hall–Kier alpha value is -2.84. The minimum atomic E-state index is -3.14. The van der Waals surface area contributed by atoms with Crippen molar-refractivity contribution in [2.45, 2.75) is 32.1 Å². The second-order valence-corrected chi connectivity index (χ2v) is 5.38. The average Bonchev–Trinajstić information content (AvgIpc) is 3.39. The molecular formula is C16H14F3N3O3. The molecule has 0 atom stereocenters. The van der Waals surface area contributed by atoms with E-state index in [2.05, 4.69) is 20.0 Å². The molecule has 1 aromatic carbocycles. The molecule has 2 aromatic rings. The SMILES string of the molecule is O=C(NCc1cncnc1OC1CC1)c1ccc(OC(F)F)c(F)c1. The summed E-state index contributed by atoms with van der Waals surface area (Å²) in [6, 6.07) is 3.00. The van der Waals surface area contributed by atoms with Crippen molar-refractivity contribution in [3.05, 3.63) is 47.7 Å². The van der Waals surface area contributed by atoms with Crippen LogP contribution in [0.25, 0.3) is 0 Å². The summed E-state index contributed by atoms with van der Waals surface area (Å²) in [6.45, 7) is -3.06. The van der Waals surface area contributed by atoms with E-state index >= 15 is 0 Å². The molecule has 1 aliphatic rings. The van der Waals surface area contributed by atoms with Crippen LogP contribution in [0.1, 0.15) is 28.8 Å². The third-order valence-corrected chi connectivity index (χ3v) is 3.40. The van der Waals surface area contributed by atoms with E-state index in [0.717, 1.165) is 25.0 Å². The Balaban J connectivity index is 1.64. The summed E-state index contributed by atoms with van der Waals surface area (Å²) in [6.07, 6.45) is 4.93. The van der Waals surface area contributed by atoms with Gasteiger partial charge in [-0.05, 0) is 31.0 Å². The number of ether oxygens (including phenoxy) is 2. The van der Waals surface area contributed by atoms with Gasteiger partial charge in [-0.1, -0.05) is 0 Å². The van der Waals surface area contributed by atoms with E-state index in [0.29, 0.717) is 11.4 Å². The van der Waals surface area contributed by atoms with Crippen LogP contribution in [0.3, 0.4) is 0 Å². The molecule has 1 heterocycles. The molecule has 1 fully saturated rings. The van der Waals surface area contributed by atoms with E-state index in [4.69, 9.17) is 4.74 Å². The van der Waals surface area contributed by atoms with Crippen LogP contribution in [0.15, 0.2) is 30.7 Å². The van der Waals surface area contributed by atoms with Crippen LogP contribution in [0.5, 0.6) is 11.6 Å². The minimum absolute atomic E-state index is 0.0272. The first kappa shape index (κ1) is 17.0. The van der Waals surface area contributed by atoms with E-state index in [-0.39, 0.29) is 18.2 Å². The van der Waals surface area contributed by atoms with E-state index in [1.165, 1.54) is 18.6 Å². The van der Waals surface area contributed by atoms with Crippen molar-refractivity contribution in [2.75, 3.05) is 0 Å². The Morgan fingerprint density at radius 3 is 2.84 bits per heavy atom. The molecular weight excluding hydrogens is 339 g/mol. The van der Waals surface area contributed by atoms with Gasteiger partial charge in [0.1, 0.15) is 12.4 Å². The fourth-order valence-corrected chi connectivity index (χ4v) is 2.03. The summed E-state index contributed by atoms with van der Waals surface area (Å²) in [4.78, 5) is 20.0. The van der Waals surface area contributed by atoms with Crippen LogP contribution in [-0.2, 0) is 6.54 Å². The third kappa shape index (κ3) is 4.59. The lowest BCUT2D eigenvalue weighted by Crippen LogP contribution is -2.23. The van der Waals surface area contributed by atoms with Crippen molar-refractivity contribution >= 4 is 5.91 Å². The number of carbonyl (C=O) groups excluding carboxylic acids is 1. The van der Waals surface area contributed by atoms with Crippen LogP contribution in [-0.4, -0.2) is 28.6 Å². The fourth-order valence-electron chi connectivity index (χ4n) is 2.03. The summed E-state index contributed by atoms with van der Waals surface area (Å²) in [7, 11) is 0. The summed E-state index contributed by atoms with van der Waals surface area (Å²) < 4.78 is 47.5. The number of aromatic nitrogens is 2. The average molecular weight is 353 g/mol. The number of rotatable bonds is 7. The molecule has 25 heavy (non-hydrogen) atoms. The molecule has 132 valence electrons. The standard InChI is InChI=1S/C16H14F3N3O3/c17-12-5-9(1-4-13(12)25-16(18)19)14(23)21-7-10-6-20-8-22-15(10)24-11-2-3-11/h1,4-6,8,11,16H,2-3,7H2,(H,21,23). The molecule has 0 radical (unpaired) electrons. The molecule has 1 N–H and O–H groups in total. The van der Waals surface area contributed by atoms with Gasteiger partial charge in [0.25, 0.3) is 5.91 Å². The number of amides is 1. The van der Waals surface area contributed by atoms with Gasteiger partial charge in [0.05, 0.1) is 5.56 Å². The summed E-state index contributed by atoms with van der Waals surface area (Å²) in [5.74, 6) is -1.86. The second kappa shape index (κ2) is 7.37. The zero-order valence-electron chi connectivity index (χ0n) is 12.9. The number of benzene rings is 1. The van der Waals surface area contributed by atoms with Crippen LogP contribution in [0.2, 0.25) is 0 Å². The molecule has 1 saturated carbocycles. The van der Waals surface area contributed by atoms with Crippen LogP contribution in [0.4, 0.5) is 13.2 Å². The van der Waals surface area contributed by atoms with Gasteiger partial charge in [-0.3, -0.25) is 4.79 Å². The van der Waals surface area contributed by atoms with Gasteiger partial charge in [0.2, 0.25) is 5.88 Å². The van der Waals surface area contributed by atoms with Crippen molar-refractivity contribution in [3.63, 3.8) is 0 Å². The van der Waals surface area contributed by atoms with Crippen molar-refractivity contribution in [2.24, 2.45) is 0 Å². The molecule has 3 rings (SSSR count). The maximum Gasteiger partial charge on any atom is 0.387 e. The van der Waals surface area contributed by atoms with E-state index < -0.39 is 24.1 Å². The Bertz CT molecular complexity index is 769. The minimum Gasteiger partial charge on any atom is -0.474 e. The maximum atomic E-state index is 13.7. The quantitative estimate of drug-likeness (QED) is 0.829. The second-order valence-electron chi connectivity index (χ2n) is 5.38. The Labute approximate surface area is 141 Å². The predicted octanol–water partition coefficient (Wildman–Crippen LogP) is 2.69. The smallest absolute Gasteiger partial charge is 0.387 e. The molecule has 0 spiro atoms. The van der Waals surface area contributed by atoms with Gasteiger partial charge in [0, 0.05) is 18.3 Å². The molecule has 0 bridgehead atoms. The first-order valence-electron chi connectivity index (χ1n) is 7.51. The van der Waals surface area contributed by atoms with Crippen LogP contribution >= 0.6 is 0 Å². The summed E-state index contributed by atoms with van der Waals surface area (Å²) in [5, 5.41) is 2.58. The van der Waals surface area contributed by atoms with Crippen LogP contribution in [0, 0.1) is 5.82 Å². The lowest BCUT2D eigenvalue weighted by Gasteiger charge is -2.11. The highest BCUT2D eigenvalue weighted by molar-refractivity contribution is 5.94. The topological polar surface area (TPSA) is 73.3 Å². The third-order valence-electron chi connectivity index (χ3n) is 3.40. The molecule has 0 aliphatic heterocycles. The van der Waals surface area contributed by atoms with Crippen LogP contribution < -0.4 is 14.8 Å². The van der Waals surface area contributed by atoms with Crippen molar-refractivity contribution in [3.8, 4) is 11.6 Å². The van der Waals surface area contributed by atoms with E-state index in [1.807, 2.05) is 0 Å². The Kier molecular flexibility index (Phi) is 5.01. The largest absolute Gasteiger partial charge is 0.474 e. The zero-order valence-corrected chi connectivity index (χ0v) is 12.9. The number of carbonyl (C=O) groups is 1. The van der Waals surface area contributed by atoms with Gasteiger partial charge < -0.3 is 14.8 Å². The monoisotopic (exact) mass is 353 g/mol. The first-order valence-corrected chi connectivity index (χ1v) is 7.51.